The van der Waals surface area contributed by atoms with Gasteiger partial charge in [0.15, 0.2) is 0 Å². The first-order valence-electron chi connectivity index (χ1n) is 6.44. The fourth-order valence-electron chi connectivity index (χ4n) is 2.29. The predicted molar refractivity (Wildman–Crippen MR) is 71.6 cm³/mol. The maximum absolute atomic E-state index is 12.2. The van der Waals surface area contributed by atoms with Gasteiger partial charge in [0.25, 0.3) is 0 Å². The van der Waals surface area contributed by atoms with Gasteiger partial charge in [0, 0.05) is 6.04 Å². The highest BCUT2D eigenvalue weighted by Crippen LogP contribution is 2.37. The average Bonchev–Trinajstić information content (AvgIpc) is 2.22. The van der Waals surface area contributed by atoms with Crippen LogP contribution in [0.4, 0.5) is 0 Å². The molecule has 1 aliphatic rings. The lowest BCUT2D eigenvalue weighted by Gasteiger charge is -2.34. The number of benzene rings is 1. The molecule has 3 nitrogen and oxygen atoms in total. The number of rotatable bonds is 2. The lowest BCUT2D eigenvalue weighted by molar-refractivity contribution is 0.00670. The molecule has 2 rings (SSSR count). The van der Waals surface area contributed by atoms with E-state index in [9.17, 15) is 4.79 Å². The molecule has 3 heteroatoms. The summed E-state index contributed by atoms with van der Waals surface area (Å²) in [6.45, 7) is 5.65. The molecule has 0 bridgehead atoms. The Morgan fingerprint density at radius 3 is 2.44 bits per heavy atom. The topological polar surface area (TPSA) is 52.3 Å². The number of carbonyl (C=O) groups is 1. The van der Waals surface area contributed by atoms with Gasteiger partial charge in [-0.25, -0.2) is 4.79 Å². The fourth-order valence-corrected chi connectivity index (χ4v) is 2.29. The van der Waals surface area contributed by atoms with Crippen LogP contribution in [0.25, 0.3) is 0 Å². The quantitative estimate of drug-likeness (QED) is 0.818. The van der Waals surface area contributed by atoms with E-state index in [1.807, 2.05) is 45.0 Å². The molecule has 0 saturated heterocycles. The summed E-state index contributed by atoms with van der Waals surface area (Å²) in [5, 5.41) is 0. The largest absolute Gasteiger partial charge is 0.456 e. The van der Waals surface area contributed by atoms with Gasteiger partial charge in [-0.05, 0) is 51.2 Å². The minimum atomic E-state index is -0.458. The molecule has 0 unspecified atom stereocenters. The van der Waals surface area contributed by atoms with E-state index in [0.29, 0.717) is 11.5 Å². The summed E-state index contributed by atoms with van der Waals surface area (Å²) < 4.78 is 5.44. The zero-order valence-corrected chi connectivity index (χ0v) is 11.3. The van der Waals surface area contributed by atoms with Gasteiger partial charge < -0.3 is 10.5 Å². The maximum atomic E-state index is 12.2. The molecule has 1 aromatic rings. The van der Waals surface area contributed by atoms with Crippen LogP contribution in [0.5, 0.6) is 0 Å². The summed E-state index contributed by atoms with van der Waals surface area (Å²) in [6.07, 6.45) is 1.92. The fraction of sp³-hybridized carbons (Fsp3) is 0.533. The molecule has 0 amide bonds. The molecule has 0 spiro atoms. The van der Waals surface area contributed by atoms with Crippen molar-refractivity contribution in [1.29, 1.82) is 0 Å². The molecule has 1 fully saturated rings. The average molecular weight is 247 g/mol. The van der Waals surface area contributed by atoms with Crippen molar-refractivity contribution >= 4 is 5.97 Å². The Kier molecular flexibility index (Phi) is 3.44. The predicted octanol–water partition coefficient (Wildman–Crippen LogP) is 2.85. The first-order chi connectivity index (χ1) is 8.37. The van der Waals surface area contributed by atoms with Crippen molar-refractivity contribution in [3.05, 3.63) is 35.4 Å². The Balaban J connectivity index is 2.20. The normalized spacial score (nSPS) is 23.3. The Labute approximate surface area is 108 Å². The number of hydrogen-bond acceptors (Lipinski definition) is 3. The van der Waals surface area contributed by atoms with Crippen molar-refractivity contribution in [2.45, 2.75) is 51.2 Å². The molecule has 98 valence electrons. The molecule has 1 saturated carbocycles. The van der Waals surface area contributed by atoms with Gasteiger partial charge in [0.05, 0.1) is 5.56 Å². The molecular formula is C15H21NO2. The van der Waals surface area contributed by atoms with E-state index in [0.717, 1.165) is 18.4 Å². The van der Waals surface area contributed by atoms with Crippen molar-refractivity contribution in [3.8, 4) is 0 Å². The minimum Gasteiger partial charge on any atom is -0.456 e. The summed E-state index contributed by atoms with van der Waals surface area (Å²) in [7, 11) is 0. The molecule has 0 radical (unpaired) electrons. The minimum absolute atomic E-state index is 0.237. The third-order valence-electron chi connectivity index (χ3n) is 3.19. The number of carbonyl (C=O) groups excluding carboxylic acids is 1. The monoisotopic (exact) mass is 247 g/mol. The lowest BCUT2D eigenvalue weighted by Crippen LogP contribution is -2.35. The van der Waals surface area contributed by atoms with Gasteiger partial charge in [-0.15, -0.1) is 0 Å². The Hall–Kier alpha value is -1.35. The van der Waals surface area contributed by atoms with Crippen LogP contribution in [-0.2, 0) is 4.74 Å². The van der Waals surface area contributed by atoms with Crippen LogP contribution in [0.3, 0.4) is 0 Å². The first-order valence-corrected chi connectivity index (χ1v) is 6.44. The van der Waals surface area contributed by atoms with E-state index < -0.39 is 5.60 Å². The van der Waals surface area contributed by atoms with Crippen LogP contribution in [0.1, 0.15) is 55.5 Å². The number of nitrogens with two attached hydrogens (primary N) is 1. The van der Waals surface area contributed by atoms with Gasteiger partial charge in [0.2, 0.25) is 0 Å². The molecule has 1 aliphatic carbocycles. The van der Waals surface area contributed by atoms with Crippen LogP contribution in [0.2, 0.25) is 0 Å². The molecule has 0 heterocycles. The van der Waals surface area contributed by atoms with Crippen LogP contribution in [-0.4, -0.2) is 17.6 Å². The number of esters is 1. The van der Waals surface area contributed by atoms with Crippen LogP contribution in [0.15, 0.2) is 24.3 Å². The summed E-state index contributed by atoms with van der Waals surface area (Å²) in [4.78, 5) is 12.2. The molecule has 2 N–H and O–H groups in total. The van der Waals surface area contributed by atoms with Crippen LogP contribution < -0.4 is 5.73 Å². The van der Waals surface area contributed by atoms with Gasteiger partial charge in [-0.1, -0.05) is 18.2 Å². The van der Waals surface area contributed by atoms with Gasteiger partial charge in [0.1, 0.15) is 5.60 Å². The van der Waals surface area contributed by atoms with Crippen LogP contribution >= 0.6 is 0 Å². The standard InChI is InChI=1S/C15H21NO2/c1-15(2,3)18-14(17)13-7-5-4-6-12(13)10-8-11(16)9-10/h4-7,10-11H,8-9,16H2,1-3H3. The van der Waals surface area contributed by atoms with Gasteiger partial charge >= 0.3 is 5.97 Å². The zero-order chi connectivity index (χ0) is 13.3. The molecule has 1 aromatic carbocycles. The molecule has 18 heavy (non-hydrogen) atoms. The third kappa shape index (κ3) is 2.91. The summed E-state index contributed by atoms with van der Waals surface area (Å²) in [6, 6.07) is 7.97. The molecule has 0 aromatic heterocycles. The molecular weight excluding hydrogens is 226 g/mol. The van der Waals surface area contributed by atoms with Gasteiger partial charge in [-0.2, -0.15) is 0 Å². The second-order valence-corrected chi connectivity index (χ2v) is 6.02. The van der Waals surface area contributed by atoms with Crippen molar-refractivity contribution in [2.24, 2.45) is 5.73 Å². The highest BCUT2D eigenvalue weighted by atomic mass is 16.6. The van der Waals surface area contributed by atoms with Crippen molar-refractivity contribution < 1.29 is 9.53 Å². The van der Waals surface area contributed by atoms with Crippen molar-refractivity contribution in [3.63, 3.8) is 0 Å². The molecule has 0 aliphatic heterocycles. The van der Waals surface area contributed by atoms with E-state index >= 15 is 0 Å². The second-order valence-electron chi connectivity index (χ2n) is 6.02. The Morgan fingerprint density at radius 2 is 1.89 bits per heavy atom. The smallest absolute Gasteiger partial charge is 0.338 e. The van der Waals surface area contributed by atoms with E-state index in [-0.39, 0.29) is 12.0 Å². The number of ether oxygens (including phenoxy) is 1. The Bertz CT molecular complexity index is 442. The highest BCUT2D eigenvalue weighted by molar-refractivity contribution is 5.91. The van der Waals surface area contributed by atoms with Crippen molar-refractivity contribution in [2.75, 3.05) is 0 Å². The SMILES string of the molecule is CC(C)(C)OC(=O)c1ccccc1C1CC(N)C1. The van der Waals surface area contributed by atoms with Crippen LogP contribution in [0, 0.1) is 0 Å². The van der Waals surface area contributed by atoms with E-state index in [1.54, 1.807) is 0 Å². The first kappa shape index (κ1) is 13.1. The Morgan fingerprint density at radius 1 is 1.28 bits per heavy atom. The summed E-state index contributed by atoms with van der Waals surface area (Å²) in [5.74, 6) is 0.169. The van der Waals surface area contributed by atoms with Gasteiger partial charge in [-0.3, -0.25) is 0 Å². The maximum Gasteiger partial charge on any atom is 0.338 e. The second kappa shape index (κ2) is 4.73. The zero-order valence-electron chi connectivity index (χ0n) is 11.3. The van der Waals surface area contributed by atoms with E-state index in [4.69, 9.17) is 10.5 Å². The highest BCUT2D eigenvalue weighted by Gasteiger charge is 2.31. The summed E-state index contributed by atoms with van der Waals surface area (Å²) >= 11 is 0. The summed E-state index contributed by atoms with van der Waals surface area (Å²) in [5.41, 5.74) is 7.12. The van der Waals surface area contributed by atoms with E-state index in [1.165, 1.54) is 0 Å². The lowest BCUT2D eigenvalue weighted by atomic mass is 9.75. The molecule has 0 atom stereocenters. The van der Waals surface area contributed by atoms with Crippen molar-refractivity contribution in [1.82, 2.24) is 0 Å². The number of hydrogen-bond donors (Lipinski definition) is 1. The van der Waals surface area contributed by atoms with E-state index in [2.05, 4.69) is 0 Å². The third-order valence-corrected chi connectivity index (χ3v) is 3.19.